The van der Waals surface area contributed by atoms with E-state index in [9.17, 15) is 34.2 Å². The molecule has 0 aliphatic heterocycles. The molecule has 0 saturated heterocycles. The topological polar surface area (TPSA) is 139 Å². The van der Waals surface area contributed by atoms with E-state index in [1.165, 1.54) is 18.2 Å². The molecule has 0 unspecified atom stereocenters. The molecule has 0 aliphatic carbocycles. The number of halogens is 3. The van der Waals surface area contributed by atoms with E-state index in [-0.39, 0.29) is 5.82 Å². The van der Waals surface area contributed by atoms with Crippen molar-refractivity contribution in [2.24, 2.45) is 0 Å². The molecule has 8 aromatic carbocycles. The van der Waals surface area contributed by atoms with Gasteiger partial charge in [-0.2, -0.15) is 34.2 Å². The lowest BCUT2D eigenvalue weighted by Crippen LogP contribution is -2.05. The molecule has 2 heterocycles. The SMILES string of the molecule is N#Cc1cc(C#N)cc(-c2ccc3c4ccc(-c5cc(C#N)cc(C#N)c5)cc4n(-c4ccc(-c5cccc(C(F)(F)F)c5)c(-c5nc(-c6ccccc6)nc(-c6ccccc6)n5)c4)c3c2)c1. The molecule has 314 valence electrons. The standard InChI is InChI=1S/C56H29F3N8/c57-56(58,59)45-13-7-12-42(26-45)47-19-16-46(29-50(47)55-65-53(38-8-3-1-4-9-38)64-54(66-55)39-10-5-2-6-11-39)67-51-27-40(43-22-34(30-60)20-35(23-43)31-61)14-17-48(51)49-18-15-41(28-52(49)67)44-24-36(32-62)21-37(25-44)33-63/h1-29H. The van der Waals surface area contributed by atoms with Crippen molar-refractivity contribution in [3.8, 4) is 97.5 Å². The van der Waals surface area contributed by atoms with Gasteiger partial charge in [-0.15, -0.1) is 0 Å². The fourth-order valence-electron chi connectivity index (χ4n) is 8.40. The third kappa shape index (κ3) is 7.87. The van der Waals surface area contributed by atoms with E-state index in [0.717, 1.165) is 45.1 Å². The zero-order valence-electron chi connectivity index (χ0n) is 35.0. The first-order valence-corrected chi connectivity index (χ1v) is 20.8. The molecule has 2 aromatic heterocycles. The third-order valence-electron chi connectivity index (χ3n) is 11.5. The van der Waals surface area contributed by atoms with Crippen molar-refractivity contribution in [3.05, 3.63) is 204 Å². The van der Waals surface area contributed by atoms with Gasteiger partial charge in [0.1, 0.15) is 0 Å². The number of nitriles is 4. The van der Waals surface area contributed by atoms with Crippen LogP contribution in [-0.2, 0) is 6.18 Å². The van der Waals surface area contributed by atoms with Crippen LogP contribution >= 0.6 is 0 Å². The highest BCUT2D eigenvalue weighted by atomic mass is 19.4. The lowest BCUT2D eigenvalue weighted by atomic mass is 9.96. The molecule has 0 atom stereocenters. The predicted octanol–water partition coefficient (Wildman–Crippen LogP) is 13.5. The maximum Gasteiger partial charge on any atom is 0.416 e. The Morgan fingerprint density at radius 2 is 0.836 bits per heavy atom. The van der Waals surface area contributed by atoms with Gasteiger partial charge in [0.25, 0.3) is 0 Å². The Bertz CT molecular complexity index is 3540. The smallest absolute Gasteiger partial charge is 0.309 e. The summed E-state index contributed by atoms with van der Waals surface area (Å²) in [5, 5.41) is 41.1. The minimum absolute atomic E-state index is 0.221. The van der Waals surface area contributed by atoms with E-state index in [2.05, 4.69) is 24.3 Å². The van der Waals surface area contributed by atoms with Crippen molar-refractivity contribution in [2.45, 2.75) is 6.18 Å². The zero-order chi connectivity index (χ0) is 46.2. The highest BCUT2D eigenvalue weighted by molar-refractivity contribution is 6.11. The van der Waals surface area contributed by atoms with Crippen molar-refractivity contribution in [2.75, 3.05) is 0 Å². The van der Waals surface area contributed by atoms with Gasteiger partial charge < -0.3 is 4.57 Å². The summed E-state index contributed by atoms with van der Waals surface area (Å²) in [5.41, 5.74) is 7.91. The first-order valence-electron chi connectivity index (χ1n) is 20.8. The number of nitrogens with zero attached hydrogens (tertiary/aromatic N) is 8. The van der Waals surface area contributed by atoms with Gasteiger partial charge >= 0.3 is 6.18 Å². The van der Waals surface area contributed by atoms with Crippen LogP contribution in [0.15, 0.2) is 176 Å². The van der Waals surface area contributed by atoms with Gasteiger partial charge in [-0.3, -0.25) is 0 Å². The van der Waals surface area contributed by atoms with Gasteiger partial charge in [0.15, 0.2) is 17.5 Å². The second kappa shape index (κ2) is 16.8. The van der Waals surface area contributed by atoms with E-state index in [4.69, 9.17) is 15.0 Å². The summed E-state index contributed by atoms with van der Waals surface area (Å²) in [4.78, 5) is 14.9. The van der Waals surface area contributed by atoms with Gasteiger partial charge in [0, 0.05) is 33.2 Å². The molecule has 67 heavy (non-hydrogen) atoms. The fourth-order valence-corrected chi connectivity index (χ4v) is 8.40. The average molecular weight is 871 g/mol. The maximum atomic E-state index is 14.3. The second-order valence-corrected chi connectivity index (χ2v) is 15.7. The molecule has 0 radical (unpaired) electrons. The summed E-state index contributed by atoms with van der Waals surface area (Å²) in [6, 6.07) is 59.7. The number of fused-ring (bicyclic) bond motifs is 3. The number of rotatable bonds is 7. The Morgan fingerprint density at radius 1 is 0.373 bits per heavy atom. The second-order valence-electron chi connectivity index (χ2n) is 15.7. The Labute approximate surface area is 381 Å². The Kier molecular flexibility index (Phi) is 10.4. The van der Waals surface area contributed by atoms with Gasteiger partial charge in [0.2, 0.25) is 0 Å². The van der Waals surface area contributed by atoms with E-state index in [1.54, 1.807) is 36.4 Å². The van der Waals surface area contributed by atoms with Crippen molar-refractivity contribution < 1.29 is 13.2 Å². The van der Waals surface area contributed by atoms with Crippen LogP contribution in [0, 0.1) is 45.3 Å². The van der Waals surface area contributed by atoms with Crippen LogP contribution in [0.25, 0.3) is 95.0 Å². The Morgan fingerprint density at radius 3 is 1.30 bits per heavy atom. The molecule has 8 nitrogen and oxygen atoms in total. The molecule has 0 fully saturated rings. The molecule has 0 amide bonds. The van der Waals surface area contributed by atoms with Crippen LogP contribution in [0.1, 0.15) is 27.8 Å². The van der Waals surface area contributed by atoms with Crippen molar-refractivity contribution in [1.82, 2.24) is 19.5 Å². The summed E-state index contributed by atoms with van der Waals surface area (Å²) >= 11 is 0. The van der Waals surface area contributed by atoms with Gasteiger partial charge in [-0.1, -0.05) is 103 Å². The molecule has 10 aromatic rings. The molecule has 0 N–H and O–H groups in total. The Hall–Kier alpha value is -9.68. The molecule has 0 saturated carbocycles. The summed E-state index contributed by atoms with van der Waals surface area (Å²) < 4.78 is 45.0. The number of benzene rings is 8. The van der Waals surface area contributed by atoms with Crippen LogP contribution < -0.4 is 0 Å². The summed E-state index contributed by atoms with van der Waals surface area (Å²) in [5.74, 6) is 0.950. The number of alkyl halides is 3. The van der Waals surface area contributed by atoms with Crippen LogP contribution in [0.2, 0.25) is 0 Å². The largest absolute Gasteiger partial charge is 0.416 e. The van der Waals surface area contributed by atoms with E-state index < -0.39 is 11.7 Å². The zero-order valence-corrected chi connectivity index (χ0v) is 35.0. The predicted molar refractivity (Wildman–Crippen MR) is 251 cm³/mol. The fraction of sp³-hybridized carbons (Fsp3) is 0.0179. The van der Waals surface area contributed by atoms with E-state index in [0.29, 0.717) is 78.5 Å². The lowest BCUT2D eigenvalue weighted by Gasteiger charge is -2.17. The minimum atomic E-state index is -4.61. The molecular weight excluding hydrogens is 842 g/mol. The maximum absolute atomic E-state index is 14.3. The quantitative estimate of drug-likeness (QED) is 0.155. The number of hydrogen-bond acceptors (Lipinski definition) is 7. The van der Waals surface area contributed by atoms with Crippen molar-refractivity contribution in [1.29, 1.82) is 21.0 Å². The van der Waals surface area contributed by atoms with E-state index in [1.807, 2.05) is 114 Å². The highest BCUT2D eigenvalue weighted by Gasteiger charge is 2.31. The molecular formula is C56H29F3N8. The van der Waals surface area contributed by atoms with Crippen LogP contribution in [0.5, 0.6) is 0 Å². The van der Waals surface area contributed by atoms with Crippen LogP contribution in [0.3, 0.4) is 0 Å². The average Bonchev–Trinajstić information content (AvgIpc) is 3.71. The van der Waals surface area contributed by atoms with Crippen molar-refractivity contribution >= 4 is 21.8 Å². The first kappa shape index (κ1) is 41.3. The van der Waals surface area contributed by atoms with E-state index >= 15 is 0 Å². The van der Waals surface area contributed by atoms with Crippen LogP contribution in [0.4, 0.5) is 13.2 Å². The molecule has 0 aliphatic rings. The normalized spacial score (nSPS) is 11.1. The lowest BCUT2D eigenvalue weighted by molar-refractivity contribution is -0.137. The summed E-state index contributed by atoms with van der Waals surface area (Å²) in [6.07, 6.45) is -4.61. The summed E-state index contributed by atoms with van der Waals surface area (Å²) in [7, 11) is 0. The molecule has 0 bridgehead atoms. The van der Waals surface area contributed by atoms with Crippen LogP contribution in [-0.4, -0.2) is 19.5 Å². The van der Waals surface area contributed by atoms with Gasteiger partial charge in [-0.25, -0.2) is 15.0 Å². The monoisotopic (exact) mass is 870 g/mol. The third-order valence-corrected chi connectivity index (χ3v) is 11.5. The highest BCUT2D eigenvalue weighted by Crippen LogP contribution is 2.41. The molecule has 0 spiro atoms. The first-order chi connectivity index (χ1) is 32.6. The molecule has 11 heteroatoms. The number of hydrogen-bond donors (Lipinski definition) is 0. The van der Waals surface area contributed by atoms with Gasteiger partial charge in [0.05, 0.1) is 63.1 Å². The van der Waals surface area contributed by atoms with Crippen molar-refractivity contribution in [3.63, 3.8) is 0 Å². The van der Waals surface area contributed by atoms with Gasteiger partial charge in [-0.05, 0) is 106 Å². The molecule has 10 rings (SSSR count). The summed E-state index contributed by atoms with van der Waals surface area (Å²) in [6.45, 7) is 0. The number of aromatic nitrogens is 4. The minimum Gasteiger partial charge on any atom is -0.309 e. The Balaban J connectivity index is 1.29.